The number of carbonyl (C=O) groups is 1. The molecule has 2 aromatic heterocycles. The first-order chi connectivity index (χ1) is 7.72. The molecule has 0 unspecified atom stereocenters. The van der Waals surface area contributed by atoms with Crippen LogP contribution in [0.25, 0.3) is 0 Å². The highest BCUT2D eigenvalue weighted by molar-refractivity contribution is 14.1. The van der Waals surface area contributed by atoms with Crippen LogP contribution in [0.2, 0.25) is 0 Å². The zero-order valence-electron chi connectivity index (χ0n) is 8.44. The maximum Gasteiger partial charge on any atom is 0.216 e. The largest absolute Gasteiger partial charge is 0.494 e. The Morgan fingerprint density at radius 3 is 3.00 bits per heavy atom. The van der Waals surface area contributed by atoms with Gasteiger partial charge in [0.05, 0.1) is 9.99 Å². The molecule has 16 heavy (non-hydrogen) atoms. The first kappa shape index (κ1) is 11.5. The van der Waals surface area contributed by atoms with E-state index < -0.39 is 0 Å². The Morgan fingerprint density at radius 2 is 2.38 bits per heavy atom. The number of rotatable bonds is 3. The predicted octanol–water partition coefficient (Wildman–Crippen LogP) is 2.99. The Balaban J connectivity index is 2.41. The lowest BCUT2D eigenvalue weighted by Gasteiger charge is -2.04. The molecule has 0 radical (unpaired) electrons. The average molecular weight is 345 g/mol. The quantitative estimate of drug-likeness (QED) is 0.634. The van der Waals surface area contributed by atoms with Crippen molar-refractivity contribution in [3.05, 3.63) is 43.9 Å². The summed E-state index contributed by atoms with van der Waals surface area (Å²) in [6.45, 7) is 0. The van der Waals surface area contributed by atoms with Crippen LogP contribution in [0.1, 0.15) is 16.1 Å². The molecule has 0 amide bonds. The number of carbonyl (C=O) groups excluding carboxylic acids is 1. The number of pyridine rings is 1. The minimum atomic E-state index is -0.100. The highest BCUT2D eigenvalue weighted by Gasteiger charge is 2.16. The van der Waals surface area contributed by atoms with E-state index in [-0.39, 0.29) is 5.78 Å². The predicted molar refractivity (Wildman–Crippen MR) is 71.3 cm³/mol. The van der Waals surface area contributed by atoms with Gasteiger partial charge in [0.15, 0.2) is 5.69 Å². The molecular formula is C11H8INO2S. The van der Waals surface area contributed by atoms with Gasteiger partial charge in [-0.2, -0.15) is 0 Å². The fourth-order valence-electron chi connectivity index (χ4n) is 1.29. The molecule has 5 heteroatoms. The van der Waals surface area contributed by atoms with Crippen molar-refractivity contribution in [1.29, 1.82) is 0 Å². The third-order valence-corrected chi connectivity index (χ3v) is 3.82. The van der Waals surface area contributed by atoms with E-state index in [9.17, 15) is 4.79 Å². The van der Waals surface area contributed by atoms with E-state index in [1.807, 2.05) is 11.4 Å². The number of thiophene rings is 1. The topological polar surface area (TPSA) is 39.2 Å². The van der Waals surface area contributed by atoms with Crippen LogP contribution in [0.15, 0.2) is 29.8 Å². The molecule has 3 nitrogen and oxygen atoms in total. The third-order valence-electron chi connectivity index (χ3n) is 2.04. The number of nitrogens with zero attached hydrogens (tertiary/aromatic N) is 1. The molecule has 0 fully saturated rings. The van der Waals surface area contributed by atoms with Gasteiger partial charge < -0.3 is 4.74 Å². The zero-order chi connectivity index (χ0) is 11.5. The van der Waals surface area contributed by atoms with Crippen LogP contribution in [-0.4, -0.2) is 17.9 Å². The molecule has 0 N–H and O–H groups in total. The molecule has 0 spiro atoms. The Morgan fingerprint density at radius 1 is 1.56 bits per heavy atom. The summed E-state index contributed by atoms with van der Waals surface area (Å²) in [6, 6.07) is 5.33. The summed E-state index contributed by atoms with van der Waals surface area (Å²) in [7, 11) is 1.53. The normalized spacial score (nSPS) is 10.1. The van der Waals surface area contributed by atoms with Crippen molar-refractivity contribution in [2.24, 2.45) is 0 Å². The maximum atomic E-state index is 12.1. The lowest BCUT2D eigenvalue weighted by molar-refractivity contribution is 0.103. The maximum absolute atomic E-state index is 12.1. The monoisotopic (exact) mass is 345 g/mol. The van der Waals surface area contributed by atoms with Gasteiger partial charge in [0.25, 0.3) is 0 Å². The van der Waals surface area contributed by atoms with Gasteiger partial charge in [0, 0.05) is 17.1 Å². The van der Waals surface area contributed by atoms with E-state index in [2.05, 4.69) is 27.6 Å². The molecule has 2 aromatic rings. The highest BCUT2D eigenvalue weighted by Crippen LogP contribution is 2.22. The second kappa shape index (κ2) is 4.92. The molecule has 82 valence electrons. The Kier molecular flexibility index (Phi) is 3.55. The van der Waals surface area contributed by atoms with E-state index in [1.165, 1.54) is 18.4 Å². The SMILES string of the molecule is COc1cccnc1C(=O)c1csc(I)c1. The summed E-state index contributed by atoms with van der Waals surface area (Å²) < 4.78 is 6.19. The molecule has 0 aliphatic rings. The van der Waals surface area contributed by atoms with Crippen LogP contribution in [0.5, 0.6) is 5.75 Å². The van der Waals surface area contributed by atoms with E-state index in [0.29, 0.717) is 17.0 Å². The average Bonchev–Trinajstić information content (AvgIpc) is 2.75. The van der Waals surface area contributed by atoms with Crippen LogP contribution in [0, 0.1) is 2.88 Å². The number of halogens is 1. The van der Waals surface area contributed by atoms with Crippen LogP contribution in [0.3, 0.4) is 0 Å². The molecule has 0 aliphatic carbocycles. The molecule has 2 heterocycles. The number of hydrogen-bond acceptors (Lipinski definition) is 4. The molecule has 0 atom stereocenters. The molecule has 0 aromatic carbocycles. The summed E-state index contributed by atoms with van der Waals surface area (Å²) >= 11 is 3.72. The van der Waals surface area contributed by atoms with Gasteiger partial charge in [-0.1, -0.05) is 0 Å². The van der Waals surface area contributed by atoms with Crippen molar-refractivity contribution in [2.75, 3.05) is 7.11 Å². The summed E-state index contributed by atoms with van der Waals surface area (Å²) in [5, 5.41) is 1.83. The molecule has 0 aliphatic heterocycles. The van der Waals surface area contributed by atoms with E-state index in [4.69, 9.17) is 4.74 Å². The smallest absolute Gasteiger partial charge is 0.216 e. The number of ketones is 1. The molecular weight excluding hydrogens is 337 g/mol. The fourth-order valence-corrected chi connectivity index (χ4v) is 2.62. The van der Waals surface area contributed by atoms with Gasteiger partial charge >= 0.3 is 0 Å². The van der Waals surface area contributed by atoms with Gasteiger partial charge in [-0.25, -0.2) is 4.98 Å². The van der Waals surface area contributed by atoms with Gasteiger partial charge in [0.1, 0.15) is 5.75 Å². The molecule has 0 saturated carbocycles. The molecule has 0 saturated heterocycles. The lowest BCUT2D eigenvalue weighted by Crippen LogP contribution is -2.05. The second-order valence-electron chi connectivity index (χ2n) is 3.02. The number of ether oxygens (including phenoxy) is 1. The molecule has 2 rings (SSSR count). The second-order valence-corrected chi connectivity index (χ2v) is 5.83. The van der Waals surface area contributed by atoms with Gasteiger partial charge in [-0.05, 0) is 40.8 Å². The van der Waals surface area contributed by atoms with Crippen LogP contribution < -0.4 is 4.74 Å². The first-order valence-electron chi connectivity index (χ1n) is 4.50. The minimum Gasteiger partial charge on any atom is -0.494 e. The van der Waals surface area contributed by atoms with E-state index in [1.54, 1.807) is 18.3 Å². The number of aromatic nitrogens is 1. The summed E-state index contributed by atoms with van der Waals surface area (Å²) in [6.07, 6.45) is 1.59. The summed E-state index contributed by atoms with van der Waals surface area (Å²) in [5.74, 6) is 0.408. The van der Waals surface area contributed by atoms with Gasteiger partial charge in [0.2, 0.25) is 5.78 Å². The van der Waals surface area contributed by atoms with Crippen molar-refractivity contribution in [3.8, 4) is 5.75 Å². The summed E-state index contributed by atoms with van der Waals surface area (Å²) in [5.41, 5.74) is 1.02. The standard InChI is InChI=1S/C11H8INO2S/c1-15-8-3-2-4-13-10(8)11(14)7-5-9(12)16-6-7/h2-6H,1H3. The minimum absolute atomic E-state index is 0.100. The Hall–Kier alpha value is -0.950. The Labute approximate surface area is 111 Å². The van der Waals surface area contributed by atoms with E-state index in [0.717, 1.165) is 2.88 Å². The third kappa shape index (κ3) is 2.25. The van der Waals surface area contributed by atoms with Crippen molar-refractivity contribution in [1.82, 2.24) is 4.98 Å². The first-order valence-corrected chi connectivity index (χ1v) is 6.46. The van der Waals surface area contributed by atoms with Crippen LogP contribution in [-0.2, 0) is 0 Å². The lowest BCUT2D eigenvalue weighted by atomic mass is 10.1. The van der Waals surface area contributed by atoms with Gasteiger partial charge in [-0.3, -0.25) is 4.79 Å². The van der Waals surface area contributed by atoms with Crippen LogP contribution in [0.4, 0.5) is 0 Å². The number of hydrogen-bond donors (Lipinski definition) is 0. The summed E-state index contributed by atoms with van der Waals surface area (Å²) in [4.78, 5) is 16.2. The van der Waals surface area contributed by atoms with Gasteiger partial charge in [-0.15, -0.1) is 11.3 Å². The van der Waals surface area contributed by atoms with E-state index >= 15 is 0 Å². The number of methoxy groups -OCH3 is 1. The van der Waals surface area contributed by atoms with Crippen molar-refractivity contribution in [2.45, 2.75) is 0 Å². The highest BCUT2D eigenvalue weighted by atomic mass is 127. The fraction of sp³-hybridized carbons (Fsp3) is 0.0909. The van der Waals surface area contributed by atoms with Crippen molar-refractivity contribution < 1.29 is 9.53 Å². The van der Waals surface area contributed by atoms with Crippen molar-refractivity contribution >= 4 is 39.7 Å². The zero-order valence-corrected chi connectivity index (χ0v) is 11.4. The van der Waals surface area contributed by atoms with Crippen LogP contribution >= 0.6 is 33.9 Å². The van der Waals surface area contributed by atoms with Crippen molar-refractivity contribution in [3.63, 3.8) is 0 Å². The Bertz CT molecular complexity index is 524. The molecule has 0 bridgehead atoms.